The molecule has 106 valence electrons. The van der Waals surface area contributed by atoms with Gasteiger partial charge in [-0.15, -0.1) is 0 Å². The fraction of sp³-hybridized carbons (Fsp3) is 0.286. The molecule has 0 aliphatic carbocycles. The first-order chi connectivity index (χ1) is 9.43. The quantitative estimate of drug-likeness (QED) is 0.690. The Kier molecular flexibility index (Phi) is 5.09. The van der Waals surface area contributed by atoms with Crippen LogP contribution in [0.15, 0.2) is 18.2 Å². The van der Waals surface area contributed by atoms with E-state index in [0.29, 0.717) is 21.8 Å². The van der Waals surface area contributed by atoms with Gasteiger partial charge in [0.1, 0.15) is 5.82 Å². The third kappa shape index (κ3) is 3.18. The van der Waals surface area contributed by atoms with Gasteiger partial charge >= 0.3 is 0 Å². The van der Waals surface area contributed by atoms with Gasteiger partial charge < -0.3 is 5.32 Å². The second kappa shape index (κ2) is 6.45. The number of anilines is 1. The Morgan fingerprint density at radius 2 is 1.85 bits per heavy atom. The summed E-state index contributed by atoms with van der Waals surface area (Å²) in [5, 5.41) is 4.14. The van der Waals surface area contributed by atoms with Crippen molar-refractivity contribution in [3.63, 3.8) is 0 Å². The second-order valence-corrected chi connectivity index (χ2v) is 6.52. The van der Waals surface area contributed by atoms with Gasteiger partial charge in [-0.1, -0.05) is 37.0 Å². The van der Waals surface area contributed by atoms with Gasteiger partial charge in [-0.25, -0.2) is 9.97 Å². The number of halogens is 3. The van der Waals surface area contributed by atoms with Crippen LogP contribution in [0.3, 0.4) is 0 Å². The fourth-order valence-corrected chi connectivity index (χ4v) is 3.21. The number of hydrogen-bond acceptors (Lipinski definition) is 3. The first kappa shape index (κ1) is 15.8. The Labute approximate surface area is 142 Å². The molecule has 0 aliphatic heterocycles. The van der Waals surface area contributed by atoms with Gasteiger partial charge in [0.2, 0.25) is 0 Å². The normalized spacial score (nSPS) is 10.9. The van der Waals surface area contributed by atoms with Crippen molar-refractivity contribution < 1.29 is 0 Å². The summed E-state index contributed by atoms with van der Waals surface area (Å²) in [6, 6.07) is 5.42. The maximum Gasteiger partial charge on any atom is 0.161 e. The molecule has 1 aromatic carbocycles. The molecule has 0 fully saturated rings. The van der Waals surface area contributed by atoms with Crippen molar-refractivity contribution in [2.75, 3.05) is 12.4 Å². The molecule has 0 unspecified atom stereocenters. The maximum atomic E-state index is 6.07. The number of rotatable bonds is 3. The molecule has 2 aromatic rings. The summed E-state index contributed by atoms with van der Waals surface area (Å²) in [5.74, 6) is 1.79. The third-order valence-electron chi connectivity index (χ3n) is 2.84. The van der Waals surface area contributed by atoms with Gasteiger partial charge in [0.05, 0.1) is 19.3 Å². The lowest BCUT2D eigenvalue weighted by Gasteiger charge is -2.13. The van der Waals surface area contributed by atoms with Crippen molar-refractivity contribution in [1.29, 1.82) is 0 Å². The van der Waals surface area contributed by atoms with Gasteiger partial charge in [0, 0.05) is 12.6 Å². The highest BCUT2D eigenvalue weighted by molar-refractivity contribution is 14.1. The average molecular weight is 422 g/mol. The number of hydrogen-bond donors (Lipinski definition) is 1. The second-order valence-electron chi connectivity index (χ2n) is 4.63. The van der Waals surface area contributed by atoms with Crippen LogP contribution in [0.2, 0.25) is 10.0 Å². The van der Waals surface area contributed by atoms with Crippen LogP contribution >= 0.6 is 45.8 Å². The highest BCUT2D eigenvalue weighted by Gasteiger charge is 2.15. The topological polar surface area (TPSA) is 37.8 Å². The largest absolute Gasteiger partial charge is 0.372 e. The van der Waals surface area contributed by atoms with E-state index in [1.165, 1.54) is 0 Å². The Hall–Kier alpha value is -0.590. The van der Waals surface area contributed by atoms with Crippen LogP contribution in [0.5, 0.6) is 0 Å². The Morgan fingerprint density at radius 1 is 1.15 bits per heavy atom. The van der Waals surface area contributed by atoms with E-state index < -0.39 is 0 Å². The Morgan fingerprint density at radius 3 is 2.40 bits per heavy atom. The van der Waals surface area contributed by atoms with Crippen molar-refractivity contribution in [2.24, 2.45) is 0 Å². The third-order valence-corrected chi connectivity index (χ3v) is 4.64. The summed E-state index contributed by atoms with van der Waals surface area (Å²) in [6.45, 7) is 4.23. The minimum atomic E-state index is 0.318. The summed E-state index contributed by atoms with van der Waals surface area (Å²) in [4.78, 5) is 9.20. The van der Waals surface area contributed by atoms with Gasteiger partial charge in [-0.3, -0.25) is 0 Å². The highest BCUT2D eigenvalue weighted by Crippen LogP contribution is 2.31. The summed E-state index contributed by atoms with van der Waals surface area (Å²) in [5.41, 5.74) is 1.88. The molecule has 3 nitrogen and oxygen atoms in total. The van der Waals surface area contributed by atoms with E-state index in [-0.39, 0.29) is 0 Å². The molecule has 0 saturated heterocycles. The fourth-order valence-electron chi connectivity index (χ4n) is 1.78. The zero-order valence-electron chi connectivity index (χ0n) is 11.3. The van der Waals surface area contributed by atoms with Gasteiger partial charge in [-0.2, -0.15) is 0 Å². The molecule has 1 N–H and O–H groups in total. The molecule has 0 saturated carbocycles. The van der Waals surface area contributed by atoms with Crippen LogP contribution in [-0.2, 0) is 0 Å². The Balaban J connectivity index is 2.61. The van der Waals surface area contributed by atoms with E-state index in [1.54, 1.807) is 12.1 Å². The van der Waals surface area contributed by atoms with Crippen molar-refractivity contribution in [3.05, 3.63) is 37.5 Å². The van der Waals surface area contributed by atoms with E-state index >= 15 is 0 Å². The molecule has 2 rings (SSSR count). The highest BCUT2D eigenvalue weighted by atomic mass is 127. The van der Waals surface area contributed by atoms with Crippen LogP contribution in [0.1, 0.15) is 25.5 Å². The van der Waals surface area contributed by atoms with Crippen LogP contribution in [0, 0.1) is 3.57 Å². The molecule has 0 radical (unpaired) electrons. The van der Waals surface area contributed by atoms with Gasteiger partial charge in [0.25, 0.3) is 0 Å². The summed E-state index contributed by atoms with van der Waals surface area (Å²) < 4.78 is 1.05. The molecule has 0 spiro atoms. The number of benzene rings is 1. The van der Waals surface area contributed by atoms with Crippen LogP contribution in [-0.4, -0.2) is 17.0 Å². The first-order valence-corrected chi connectivity index (χ1v) is 7.98. The molecular formula is C14H14Cl2IN3. The zero-order chi connectivity index (χ0) is 14.9. The first-order valence-electron chi connectivity index (χ1n) is 6.14. The number of aromatic nitrogens is 2. The van der Waals surface area contributed by atoms with Crippen molar-refractivity contribution in [2.45, 2.75) is 19.8 Å². The molecule has 1 aromatic heterocycles. The lowest BCUT2D eigenvalue weighted by Crippen LogP contribution is -2.06. The van der Waals surface area contributed by atoms with Gasteiger partial charge in [0.15, 0.2) is 5.82 Å². The molecule has 20 heavy (non-hydrogen) atoms. The van der Waals surface area contributed by atoms with Gasteiger partial charge in [-0.05, 0) is 46.7 Å². The van der Waals surface area contributed by atoms with E-state index in [1.807, 2.05) is 13.1 Å². The van der Waals surface area contributed by atoms with Crippen molar-refractivity contribution in [3.8, 4) is 11.4 Å². The number of nitrogens with one attached hydrogen (secondary N) is 1. The smallest absolute Gasteiger partial charge is 0.161 e. The molecule has 0 amide bonds. The summed E-state index contributed by atoms with van der Waals surface area (Å²) >= 11 is 14.3. The molecule has 0 aliphatic rings. The summed E-state index contributed by atoms with van der Waals surface area (Å²) in [7, 11) is 1.85. The minimum Gasteiger partial charge on any atom is -0.372 e. The van der Waals surface area contributed by atoms with Crippen molar-refractivity contribution in [1.82, 2.24) is 9.97 Å². The monoisotopic (exact) mass is 421 g/mol. The van der Waals surface area contributed by atoms with E-state index in [0.717, 1.165) is 20.6 Å². The molecule has 6 heteroatoms. The summed E-state index contributed by atoms with van der Waals surface area (Å²) in [6.07, 6.45) is 0. The van der Waals surface area contributed by atoms with Crippen LogP contribution in [0.4, 0.5) is 5.82 Å². The average Bonchev–Trinajstić information content (AvgIpc) is 2.42. The number of nitrogens with zero attached hydrogens (tertiary/aromatic N) is 2. The Bertz CT molecular complexity index is 645. The minimum absolute atomic E-state index is 0.318. The molecular weight excluding hydrogens is 408 g/mol. The zero-order valence-corrected chi connectivity index (χ0v) is 15.0. The van der Waals surface area contributed by atoms with Crippen LogP contribution in [0.25, 0.3) is 11.4 Å². The predicted molar refractivity (Wildman–Crippen MR) is 93.8 cm³/mol. The van der Waals surface area contributed by atoms with Crippen LogP contribution < -0.4 is 5.32 Å². The van der Waals surface area contributed by atoms with E-state index in [2.05, 4.69) is 51.7 Å². The SMILES string of the molecule is CNc1nc(-c2ccc(Cl)c(Cl)c2)nc(C(C)C)c1I. The van der Waals surface area contributed by atoms with E-state index in [9.17, 15) is 0 Å². The molecule has 0 atom stereocenters. The van der Waals surface area contributed by atoms with Crippen molar-refractivity contribution >= 4 is 51.6 Å². The lowest BCUT2D eigenvalue weighted by molar-refractivity contribution is 0.809. The molecule has 1 heterocycles. The lowest BCUT2D eigenvalue weighted by atomic mass is 10.1. The molecule has 0 bridgehead atoms. The maximum absolute atomic E-state index is 6.07. The predicted octanol–water partition coefficient (Wildman–Crippen LogP) is 5.22. The standard InChI is InChI=1S/C14H14Cl2IN3/c1-7(2)12-11(17)14(18-3)20-13(19-12)8-4-5-9(15)10(16)6-8/h4-7H,1-3H3,(H,18,19,20). The van der Waals surface area contributed by atoms with E-state index in [4.69, 9.17) is 23.2 Å².